The predicted molar refractivity (Wildman–Crippen MR) is 110 cm³/mol. The summed E-state index contributed by atoms with van der Waals surface area (Å²) in [7, 11) is 0. The number of nitrogens with zero attached hydrogens (tertiary/aromatic N) is 3. The molecule has 0 N–H and O–H groups in total. The molecule has 2 aromatic carbocycles. The minimum Gasteiger partial charge on any atom is -0.461 e. The van der Waals surface area contributed by atoms with Crippen molar-refractivity contribution < 1.29 is 9.21 Å². The van der Waals surface area contributed by atoms with Crippen LogP contribution in [-0.2, 0) is 6.54 Å². The molecule has 0 aliphatic heterocycles. The monoisotopic (exact) mass is 409 g/mol. The van der Waals surface area contributed by atoms with E-state index in [2.05, 4.69) is 10.2 Å². The lowest BCUT2D eigenvalue weighted by Gasteiger charge is -2.09. The molecule has 2 heterocycles. The number of hydrogen-bond donors (Lipinski definition) is 0. The largest absolute Gasteiger partial charge is 0.461 e. The summed E-state index contributed by atoms with van der Waals surface area (Å²) < 4.78 is 7.47. The van der Waals surface area contributed by atoms with E-state index in [1.54, 1.807) is 30.5 Å². The third-order valence-corrected chi connectivity index (χ3v) is 5.32. The van der Waals surface area contributed by atoms with Crippen LogP contribution in [0.15, 0.2) is 82.6 Å². The van der Waals surface area contributed by atoms with Crippen LogP contribution in [0, 0.1) is 0 Å². The van der Waals surface area contributed by atoms with Crippen molar-refractivity contribution in [1.82, 2.24) is 14.8 Å². The van der Waals surface area contributed by atoms with Crippen molar-refractivity contribution in [1.29, 1.82) is 0 Å². The molecule has 0 saturated carbocycles. The van der Waals surface area contributed by atoms with Crippen LogP contribution in [0.25, 0.3) is 11.6 Å². The molecule has 0 radical (unpaired) electrons. The molecular weight excluding hydrogens is 394 g/mol. The minimum absolute atomic E-state index is 0.0127. The Balaban J connectivity index is 1.59. The standard InChI is InChI=1S/C21H16ClN3O2S/c22-17-9-4-8-16(12-17)18(26)14-28-21-24-23-20(19-10-5-11-27-19)25(21)13-15-6-2-1-3-7-15/h1-12H,13-14H2. The molecular formula is C21H16ClN3O2S. The number of furan rings is 1. The fraction of sp³-hybridized carbons (Fsp3) is 0.0952. The average Bonchev–Trinajstić information content (AvgIpc) is 3.37. The van der Waals surface area contributed by atoms with Crippen LogP contribution in [0.4, 0.5) is 0 Å². The van der Waals surface area contributed by atoms with E-state index in [4.69, 9.17) is 16.0 Å². The van der Waals surface area contributed by atoms with E-state index in [-0.39, 0.29) is 11.5 Å². The highest BCUT2D eigenvalue weighted by atomic mass is 35.5. The van der Waals surface area contributed by atoms with Gasteiger partial charge in [0.25, 0.3) is 0 Å². The van der Waals surface area contributed by atoms with Crippen molar-refractivity contribution in [3.63, 3.8) is 0 Å². The van der Waals surface area contributed by atoms with Crippen molar-refractivity contribution >= 4 is 29.1 Å². The van der Waals surface area contributed by atoms with Gasteiger partial charge in [-0.25, -0.2) is 0 Å². The lowest BCUT2D eigenvalue weighted by Crippen LogP contribution is -2.07. The second-order valence-electron chi connectivity index (χ2n) is 6.08. The molecule has 0 fully saturated rings. The van der Waals surface area contributed by atoms with Crippen LogP contribution < -0.4 is 0 Å². The second-order valence-corrected chi connectivity index (χ2v) is 7.46. The van der Waals surface area contributed by atoms with E-state index in [9.17, 15) is 4.79 Å². The van der Waals surface area contributed by atoms with Crippen molar-refractivity contribution in [3.8, 4) is 11.6 Å². The maximum absolute atomic E-state index is 12.5. The summed E-state index contributed by atoms with van der Waals surface area (Å²) in [5, 5.41) is 9.78. The van der Waals surface area contributed by atoms with Crippen LogP contribution in [0.2, 0.25) is 5.02 Å². The van der Waals surface area contributed by atoms with Crippen LogP contribution in [-0.4, -0.2) is 26.3 Å². The van der Waals surface area contributed by atoms with Gasteiger partial charge in [-0.2, -0.15) is 0 Å². The van der Waals surface area contributed by atoms with Gasteiger partial charge in [-0.05, 0) is 29.8 Å². The summed E-state index contributed by atoms with van der Waals surface area (Å²) in [6.45, 7) is 0.581. The molecule has 4 rings (SSSR count). The number of aromatic nitrogens is 3. The van der Waals surface area contributed by atoms with Gasteiger partial charge in [0.05, 0.1) is 18.6 Å². The summed E-state index contributed by atoms with van der Waals surface area (Å²) in [5.41, 5.74) is 1.69. The van der Waals surface area contributed by atoms with Gasteiger partial charge in [0.15, 0.2) is 16.7 Å². The first-order chi connectivity index (χ1) is 13.7. The fourth-order valence-electron chi connectivity index (χ4n) is 2.77. The van der Waals surface area contributed by atoms with Crippen molar-refractivity contribution in [2.45, 2.75) is 11.7 Å². The van der Waals surface area contributed by atoms with E-state index in [0.29, 0.717) is 33.9 Å². The number of rotatable bonds is 7. The van der Waals surface area contributed by atoms with Gasteiger partial charge in [-0.3, -0.25) is 9.36 Å². The molecule has 0 bridgehead atoms. The second kappa shape index (κ2) is 8.46. The van der Waals surface area contributed by atoms with Gasteiger partial charge in [-0.1, -0.05) is 65.8 Å². The highest BCUT2D eigenvalue weighted by Crippen LogP contribution is 2.26. The van der Waals surface area contributed by atoms with E-state index in [1.165, 1.54) is 11.8 Å². The van der Waals surface area contributed by atoms with Gasteiger partial charge in [0.2, 0.25) is 5.82 Å². The van der Waals surface area contributed by atoms with Gasteiger partial charge in [0, 0.05) is 10.6 Å². The number of hydrogen-bond acceptors (Lipinski definition) is 5. The number of benzene rings is 2. The molecule has 2 aromatic heterocycles. The molecule has 0 amide bonds. The maximum atomic E-state index is 12.5. The lowest BCUT2D eigenvalue weighted by molar-refractivity contribution is 0.102. The molecule has 0 aliphatic carbocycles. The van der Waals surface area contributed by atoms with E-state index in [1.807, 2.05) is 47.0 Å². The van der Waals surface area contributed by atoms with Crippen molar-refractivity contribution in [2.24, 2.45) is 0 Å². The Morgan fingerprint density at radius 2 is 1.89 bits per heavy atom. The molecule has 0 saturated heterocycles. The van der Waals surface area contributed by atoms with Gasteiger partial charge >= 0.3 is 0 Å². The van der Waals surface area contributed by atoms with Crippen molar-refractivity contribution in [3.05, 3.63) is 89.1 Å². The third kappa shape index (κ3) is 4.18. The van der Waals surface area contributed by atoms with E-state index in [0.717, 1.165) is 5.56 Å². The summed E-state index contributed by atoms with van der Waals surface area (Å²) in [5.74, 6) is 1.50. The molecule has 0 spiro atoms. The SMILES string of the molecule is O=C(CSc1nnc(-c2ccco2)n1Cc1ccccc1)c1cccc(Cl)c1. The topological polar surface area (TPSA) is 60.9 Å². The Morgan fingerprint density at radius 3 is 2.64 bits per heavy atom. The molecule has 7 heteroatoms. The Hall–Kier alpha value is -2.83. The average molecular weight is 410 g/mol. The Labute approximate surface area is 171 Å². The summed E-state index contributed by atoms with van der Waals surface area (Å²) in [6, 6.07) is 20.6. The van der Waals surface area contributed by atoms with Gasteiger partial charge < -0.3 is 4.42 Å². The third-order valence-electron chi connectivity index (χ3n) is 4.12. The first kappa shape index (κ1) is 18.5. The quantitative estimate of drug-likeness (QED) is 0.309. The molecule has 140 valence electrons. The van der Waals surface area contributed by atoms with Crippen LogP contribution in [0.5, 0.6) is 0 Å². The van der Waals surface area contributed by atoms with Crippen molar-refractivity contribution in [2.75, 3.05) is 5.75 Å². The number of Topliss-reactive ketones (excluding diaryl/α,β-unsaturated/α-hetero) is 1. The highest BCUT2D eigenvalue weighted by Gasteiger charge is 2.18. The maximum Gasteiger partial charge on any atom is 0.200 e. The predicted octanol–water partition coefficient (Wildman–Crippen LogP) is 5.21. The number of ketones is 1. The van der Waals surface area contributed by atoms with E-state index >= 15 is 0 Å². The zero-order chi connectivity index (χ0) is 19.3. The summed E-state index contributed by atoms with van der Waals surface area (Å²) >= 11 is 7.33. The fourth-order valence-corrected chi connectivity index (χ4v) is 3.79. The first-order valence-corrected chi connectivity index (χ1v) is 9.99. The summed E-state index contributed by atoms with van der Waals surface area (Å²) in [4.78, 5) is 12.5. The van der Waals surface area contributed by atoms with Crippen LogP contribution in [0.3, 0.4) is 0 Å². The molecule has 28 heavy (non-hydrogen) atoms. The summed E-state index contributed by atoms with van der Waals surface area (Å²) in [6.07, 6.45) is 1.60. The first-order valence-electron chi connectivity index (χ1n) is 8.63. The molecule has 0 atom stereocenters. The molecule has 5 nitrogen and oxygen atoms in total. The van der Waals surface area contributed by atoms with Crippen LogP contribution >= 0.6 is 23.4 Å². The van der Waals surface area contributed by atoms with E-state index < -0.39 is 0 Å². The number of carbonyl (C=O) groups excluding carboxylic acids is 1. The number of carbonyl (C=O) groups is 1. The van der Waals surface area contributed by atoms with Gasteiger partial charge in [-0.15, -0.1) is 10.2 Å². The number of thioether (sulfide) groups is 1. The zero-order valence-electron chi connectivity index (χ0n) is 14.8. The molecule has 4 aromatic rings. The van der Waals surface area contributed by atoms with Crippen LogP contribution in [0.1, 0.15) is 15.9 Å². The minimum atomic E-state index is -0.0127. The lowest BCUT2D eigenvalue weighted by atomic mass is 10.1. The Morgan fingerprint density at radius 1 is 1.04 bits per heavy atom. The highest BCUT2D eigenvalue weighted by molar-refractivity contribution is 7.99. The Kier molecular flexibility index (Phi) is 5.60. The normalized spacial score (nSPS) is 10.9. The zero-order valence-corrected chi connectivity index (χ0v) is 16.4. The molecule has 0 aliphatic rings. The molecule has 0 unspecified atom stereocenters. The number of halogens is 1. The Bertz CT molecular complexity index is 1080. The van der Waals surface area contributed by atoms with Gasteiger partial charge in [0.1, 0.15) is 0 Å². The smallest absolute Gasteiger partial charge is 0.200 e.